The van der Waals surface area contributed by atoms with Crippen LogP contribution in [0.3, 0.4) is 0 Å². The van der Waals surface area contributed by atoms with Crippen molar-refractivity contribution in [3.05, 3.63) is 72.1 Å². The SMILES string of the molecule is COc1ccc(C(=O)NCCc2ccn(-c3ccccc3)n2)cc1OC(F)F. The van der Waals surface area contributed by atoms with E-state index in [1.807, 2.05) is 42.6 Å². The van der Waals surface area contributed by atoms with Crippen LogP contribution in [0.4, 0.5) is 8.78 Å². The molecular weight excluding hydrogens is 368 g/mol. The van der Waals surface area contributed by atoms with Crippen LogP contribution in [0.5, 0.6) is 11.5 Å². The van der Waals surface area contributed by atoms with Gasteiger partial charge >= 0.3 is 6.61 Å². The number of alkyl halides is 2. The van der Waals surface area contributed by atoms with Gasteiger partial charge in [-0.2, -0.15) is 13.9 Å². The third-order valence-corrected chi connectivity index (χ3v) is 3.97. The number of nitrogens with one attached hydrogen (secondary N) is 1. The topological polar surface area (TPSA) is 65.4 Å². The number of halogens is 2. The predicted molar refractivity (Wildman–Crippen MR) is 99.2 cm³/mol. The maximum atomic E-state index is 12.5. The average Bonchev–Trinajstić information content (AvgIpc) is 3.17. The van der Waals surface area contributed by atoms with Crippen LogP contribution in [0.25, 0.3) is 5.69 Å². The number of ether oxygens (including phenoxy) is 2. The summed E-state index contributed by atoms with van der Waals surface area (Å²) in [4.78, 5) is 12.3. The molecule has 0 unspecified atom stereocenters. The third-order valence-electron chi connectivity index (χ3n) is 3.97. The van der Waals surface area contributed by atoms with Crippen molar-refractivity contribution >= 4 is 5.91 Å². The number of carbonyl (C=O) groups excluding carboxylic acids is 1. The molecular formula is C20H19F2N3O3. The highest BCUT2D eigenvalue weighted by Crippen LogP contribution is 2.29. The van der Waals surface area contributed by atoms with E-state index >= 15 is 0 Å². The molecule has 28 heavy (non-hydrogen) atoms. The lowest BCUT2D eigenvalue weighted by molar-refractivity contribution is -0.0512. The maximum absolute atomic E-state index is 12.5. The third kappa shape index (κ3) is 4.85. The summed E-state index contributed by atoms with van der Waals surface area (Å²) in [5, 5.41) is 7.21. The zero-order valence-corrected chi connectivity index (χ0v) is 15.1. The highest BCUT2D eigenvalue weighted by atomic mass is 19.3. The summed E-state index contributed by atoms with van der Waals surface area (Å²) in [6.07, 6.45) is 2.38. The highest BCUT2D eigenvalue weighted by Gasteiger charge is 2.14. The van der Waals surface area contributed by atoms with Crippen LogP contribution in [0, 0.1) is 0 Å². The molecule has 0 bridgehead atoms. The Morgan fingerprint density at radius 1 is 1.14 bits per heavy atom. The van der Waals surface area contributed by atoms with Gasteiger partial charge in [-0.25, -0.2) is 4.68 Å². The van der Waals surface area contributed by atoms with Gasteiger partial charge in [-0.3, -0.25) is 4.79 Å². The molecule has 1 aromatic heterocycles. The van der Waals surface area contributed by atoms with Gasteiger partial charge in [0, 0.05) is 24.7 Å². The Kier molecular flexibility index (Phi) is 6.21. The molecule has 0 aliphatic rings. The molecule has 2 aromatic carbocycles. The number of amides is 1. The summed E-state index contributed by atoms with van der Waals surface area (Å²) < 4.78 is 36.1. The summed E-state index contributed by atoms with van der Waals surface area (Å²) in [6, 6.07) is 15.7. The Hall–Kier alpha value is -3.42. The normalized spacial score (nSPS) is 10.7. The summed E-state index contributed by atoms with van der Waals surface area (Å²) in [5.74, 6) is -0.459. The standard InChI is InChI=1S/C20H19F2N3O3/c1-27-17-8-7-14(13-18(17)28-20(21)22)19(26)23-11-9-15-10-12-25(24-15)16-5-3-2-4-6-16/h2-8,10,12-13,20H,9,11H2,1H3,(H,23,26). The summed E-state index contributed by atoms with van der Waals surface area (Å²) >= 11 is 0. The van der Waals surface area contributed by atoms with Crippen LogP contribution in [0.2, 0.25) is 0 Å². The smallest absolute Gasteiger partial charge is 0.387 e. The molecule has 3 aromatic rings. The molecule has 3 rings (SSSR count). The molecule has 146 valence electrons. The Morgan fingerprint density at radius 2 is 1.93 bits per heavy atom. The molecule has 1 N–H and O–H groups in total. The molecule has 1 heterocycles. The lowest BCUT2D eigenvalue weighted by atomic mass is 10.2. The van der Waals surface area contributed by atoms with Crippen LogP contribution >= 0.6 is 0 Å². The van der Waals surface area contributed by atoms with Gasteiger partial charge in [0.25, 0.3) is 5.91 Å². The minimum Gasteiger partial charge on any atom is -0.493 e. The summed E-state index contributed by atoms with van der Waals surface area (Å²) in [6.45, 7) is -2.66. The van der Waals surface area contributed by atoms with Gasteiger partial charge in [-0.15, -0.1) is 0 Å². The minimum absolute atomic E-state index is 0.128. The first-order valence-electron chi connectivity index (χ1n) is 8.58. The molecule has 0 spiro atoms. The largest absolute Gasteiger partial charge is 0.493 e. The van der Waals surface area contributed by atoms with Crippen molar-refractivity contribution in [3.8, 4) is 17.2 Å². The van der Waals surface area contributed by atoms with E-state index in [9.17, 15) is 13.6 Å². The zero-order valence-electron chi connectivity index (χ0n) is 15.1. The molecule has 1 amide bonds. The van der Waals surface area contributed by atoms with Crippen LogP contribution in [0.1, 0.15) is 16.1 Å². The number of aromatic nitrogens is 2. The van der Waals surface area contributed by atoms with E-state index in [1.54, 1.807) is 4.68 Å². The van der Waals surface area contributed by atoms with E-state index in [-0.39, 0.29) is 17.1 Å². The molecule has 0 aliphatic heterocycles. The number of carbonyl (C=O) groups is 1. The molecule has 0 radical (unpaired) electrons. The number of hydrogen-bond acceptors (Lipinski definition) is 4. The van der Waals surface area contributed by atoms with Crippen LogP contribution in [-0.2, 0) is 6.42 Å². The average molecular weight is 387 g/mol. The van der Waals surface area contributed by atoms with Crippen molar-refractivity contribution in [3.63, 3.8) is 0 Å². The van der Waals surface area contributed by atoms with Gasteiger partial charge in [0.1, 0.15) is 0 Å². The van der Waals surface area contributed by atoms with Gasteiger partial charge in [0.15, 0.2) is 11.5 Å². The summed E-state index contributed by atoms with van der Waals surface area (Å²) in [5.41, 5.74) is 1.97. The second-order valence-corrected chi connectivity index (χ2v) is 5.84. The predicted octanol–water partition coefficient (Wildman–Crippen LogP) is 3.45. The van der Waals surface area contributed by atoms with E-state index in [2.05, 4.69) is 15.2 Å². The van der Waals surface area contributed by atoms with Crippen molar-refractivity contribution in [1.82, 2.24) is 15.1 Å². The molecule has 0 atom stereocenters. The van der Waals surface area contributed by atoms with E-state index in [4.69, 9.17) is 4.74 Å². The second-order valence-electron chi connectivity index (χ2n) is 5.84. The molecule has 0 saturated carbocycles. The van der Waals surface area contributed by atoms with Gasteiger partial charge in [0.05, 0.1) is 18.5 Å². The zero-order chi connectivity index (χ0) is 19.9. The van der Waals surface area contributed by atoms with Gasteiger partial charge in [-0.05, 0) is 36.4 Å². The van der Waals surface area contributed by atoms with Crippen molar-refractivity contribution in [2.45, 2.75) is 13.0 Å². The number of para-hydroxylation sites is 1. The Balaban J connectivity index is 1.58. The van der Waals surface area contributed by atoms with Crippen molar-refractivity contribution in [1.29, 1.82) is 0 Å². The van der Waals surface area contributed by atoms with Crippen LogP contribution in [-0.4, -0.2) is 36.0 Å². The molecule has 0 fully saturated rings. The lowest BCUT2D eigenvalue weighted by Gasteiger charge is -2.11. The van der Waals surface area contributed by atoms with Crippen molar-refractivity contribution in [2.24, 2.45) is 0 Å². The van der Waals surface area contributed by atoms with Crippen LogP contribution in [0.15, 0.2) is 60.8 Å². The fourth-order valence-corrected chi connectivity index (χ4v) is 2.63. The minimum atomic E-state index is -3.01. The molecule has 6 nitrogen and oxygen atoms in total. The Labute approximate surface area is 160 Å². The fourth-order valence-electron chi connectivity index (χ4n) is 2.63. The Morgan fingerprint density at radius 3 is 2.64 bits per heavy atom. The lowest BCUT2D eigenvalue weighted by Crippen LogP contribution is -2.25. The van der Waals surface area contributed by atoms with E-state index in [1.165, 1.54) is 25.3 Å². The first-order chi connectivity index (χ1) is 13.6. The van der Waals surface area contributed by atoms with Gasteiger partial charge in [0.2, 0.25) is 0 Å². The Bertz CT molecular complexity index is 929. The van der Waals surface area contributed by atoms with E-state index < -0.39 is 12.5 Å². The molecule has 8 heteroatoms. The second kappa shape index (κ2) is 8.98. The molecule has 0 aliphatic carbocycles. The maximum Gasteiger partial charge on any atom is 0.387 e. The highest BCUT2D eigenvalue weighted by molar-refractivity contribution is 5.94. The first kappa shape index (κ1) is 19.3. The fraction of sp³-hybridized carbons (Fsp3) is 0.200. The van der Waals surface area contributed by atoms with Gasteiger partial charge in [-0.1, -0.05) is 18.2 Å². The van der Waals surface area contributed by atoms with Gasteiger partial charge < -0.3 is 14.8 Å². The number of nitrogens with zero attached hydrogens (tertiary/aromatic N) is 2. The number of rotatable bonds is 8. The molecule has 0 saturated heterocycles. The van der Waals surface area contributed by atoms with Crippen molar-refractivity contribution < 1.29 is 23.0 Å². The number of benzene rings is 2. The monoisotopic (exact) mass is 387 g/mol. The van der Waals surface area contributed by atoms with E-state index in [0.717, 1.165) is 11.4 Å². The first-order valence-corrected chi connectivity index (χ1v) is 8.58. The number of hydrogen-bond donors (Lipinski definition) is 1. The van der Waals surface area contributed by atoms with E-state index in [0.29, 0.717) is 13.0 Å². The van der Waals surface area contributed by atoms with Crippen LogP contribution < -0.4 is 14.8 Å². The summed E-state index contributed by atoms with van der Waals surface area (Å²) in [7, 11) is 1.34. The number of methoxy groups -OCH3 is 1. The quantitative estimate of drug-likeness (QED) is 0.643. The van der Waals surface area contributed by atoms with Crippen molar-refractivity contribution in [2.75, 3.05) is 13.7 Å².